The van der Waals surface area contributed by atoms with Gasteiger partial charge in [-0.1, -0.05) is 231 Å². The summed E-state index contributed by atoms with van der Waals surface area (Å²) in [6, 6.07) is 124. The van der Waals surface area contributed by atoms with E-state index in [2.05, 4.69) is 273 Å². The first-order valence-electron chi connectivity index (χ1n) is 34.7. The van der Waals surface area contributed by atoms with Gasteiger partial charge >= 0.3 is 0 Å². The van der Waals surface area contributed by atoms with Gasteiger partial charge < -0.3 is 18.3 Å². The molecule has 0 unspecified atom stereocenters. The molecule has 0 aliphatic carbocycles. The molecule has 0 aliphatic rings. The second-order valence-corrected chi connectivity index (χ2v) is 26.3. The maximum Gasteiger partial charge on any atom is 0.164 e. The minimum Gasteiger partial charge on any atom is -0.309 e. The number of para-hydroxylation sites is 6. The van der Waals surface area contributed by atoms with Crippen LogP contribution in [-0.2, 0) is 0 Å². The van der Waals surface area contributed by atoms with E-state index in [0.717, 1.165) is 133 Å². The quantitative estimate of drug-likeness (QED) is 0.127. The summed E-state index contributed by atoms with van der Waals surface area (Å²) < 4.78 is 9.36. The lowest BCUT2D eigenvalue weighted by molar-refractivity contribution is 1.07. The van der Waals surface area contributed by atoms with Gasteiger partial charge in [0.1, 0.15) is 0 Å². The van der Waals surface area contributed by atoms with E-state index in [-0.39, 0.29) is 0 Å². The molecule has 0 N–H and O–H groups in total. The third-order valence-electron chi connectivity index (χ3n) is 20.5. The van der Waals surface area contributed by atoms with E-state index in [1.54, 1.807) is 0 Å². The highest BCUT2D eigenvalue weighted by atomic mass is 15.0. The summed E-state index contributed by atoms with van der Waals surface area (Å²) in [7, 11) is 0. The van der Waals surface area contributed by atoms with Crippen LogP contribution in [0.2, 0.25) is 0 Å². The Hall–Kier alpha value is -14.6. The Bertz CT molecular complexity index is 6680. The highest BCUT2D eigenvalue weighted by Gasteiger charge is 2.31. The Morgan fingerprint density at radius 1 is 0.221 bits per heavy atom. The normalized spacial score (nSPS) is 11.6. The molecule has 10 nitrogen and oxygen atoms in total. The Balaban J connectivity index is 0.943. The van der Waals surface area contributed by atoms with E-state index < -0.39 is 0 Å². The zero-order valence-corrected chi connectivity index (χ0v) is 55.8. The molecule has 0 saturated heterocycles. The number of fused-ring (bicyclic) bond motifs is 12. The predicted molar refractivity (Wildman–Crippen MR) is 422 cm³/mol. The van der Waals surface area contributed by atoms with Gasteiger partial charge in [-0.3, -0.25) is 0 Å². The van der Waals surface area contributed by atoms with Gasteiger partial charge in [0.05, 0.1) is 84.5 Å². The maximum atomic E-state index is 10.7. The van der Waals surface area contributed by atoms with Crippen LogP contribution in [0.15, 0.2) is 340 Å². The zero-order chi connectivity index (χ0) is 68.9. The largest absolute Gasteiger partial charge is 0.309 e. The molecule has 6 heterocycles. The number of benzene rings is 14. The van der Waals surface area contributed by atoms with Crippen LogP contribution in [0, 0.1) is 22.7 Å². The van der Waals surface area contributed by atoms with Crippen molar-refractivity contribution in [3.63, 3.8) is 0 Å². The molecule has 0 fully saturated rings. The fourth-order valence-corrected chi connectivity index (χ4v) is 15.9. The van der Waals surface area contributed by atoms with E-state index in [0.29, 0.717) is 34.3 Å². The van der Waals surface area contributed by atoms with E-state index in [9.17, 15) is 10.5 Å². The van der Waals surface area contributed by atoms with Crippen molar-refractivity contribution < 1.29 is 0 Å². The molecule has 0 atom stereocenters. The lowest BCUT2D eigenvalue weighted by Crippen LogP contribution is -2.08. The van der Waals surface area contributed by atoms with Gasteiger partial charge in [-0.15, -0.1) is 0 Å². The number of nitriles is 2. The summed E-state index contributed by atoms with van der Waals surface area (Å²) in [5.41, 5.74) is 21.9. The molecule has 0 saturated carbocycles. The van der Waals surface area contributed by atoms with E-state index in [1.165, 1.54) is 32.3 Å². The topological polar surface area (TPSA) is 119 Å². The standard InChI is InChI=1S/C94H56N10/c95-57-59-39-53-85-77(55-59)78-56-60(58-96)40-54-86(78)104(85)91-88(75-31-7-8-32-76(75)94-99-92(64-21-3-1-4-22-64)98-93(100-94)65-23-5-2-6-24-65)87(61-41-47-66(48-42-61)101-79-33-15-9-25-69(79)70-26-10-16-34-80(70)101)89(62-43-49-67(50-44-62)102-81-35-17-11-27-71(81)72-28-12-18-36-82(72)102)97-90(91)63-45-51-68(52-46-63)103-83-37-19-13-29-73(83)74-30-14-20-38-84(74)103/h1-56H. The van der Waals surface area contributed by atoms with Crippen LogP contribution >= 0.6 is 0 Å². The van der Waals surface area contributed by atoms with Crippen LogP contribution in [0.25, 0.3) is 189 Å². The molecule has 0 spiro atoms. The van der Waals surface area contributed by atoms with E-state index in [1.807, 2.05) is 97.1 Å². The Kier molecular flexibility index (Phi) is 13.8. The van der Waals surface area contributed by atoms with E-state index >= 15 is 0 Å². The minimum absolute atomic E-state index is 0.470. The molecular weight excluding hydrogens is 1270 g/mol. The smallest absolute Gasteiger partial charge is 0.164 e. The molecule has 14 aromatic carbocycles. The number of hydrogen-bond acceptors (Lipinski definition) is 6. The molecule has 10 heteroatoms. The fraction of sp³-hybridized carbons (Fsp3) is 0. The molecule has 0 bridgehead atoms. The van der Waals surface area contributed by atoms with Crippen LogP contribution in [-0.4, -0.2) is 38.2 Å². The van der Waals surface area contributed by atoms with Gasteiger partial charge in [-0.05, 0) is 120 Å². The highest BCUT2D eigenvalue weighted by molar-refractivity contribution is 6.15. The molecule has 482 valence electrons. The van der Waals surface area contributed by atoms with Gasteiger partial charge in [-0.2, -0.15) is 10.5 Å². The van der Waals surface area contributed by atoms with Crippen molar-refractivity contribution in [1.82, 2.24) is 38.2 Å². The third-order valence-corrected chi connectivity index (χ3v) is 20.5. The Morgan fingerprint density at radius 2 is 0.538 bits per heavy atom. The summed E-state index contributed by atoms with van der Waals surface area (Å²) >= 11 is 0. The number of hydrogen-bond donors (Lipinski definition) is 0. The maximum absolute atomic E-state index is 10.7. The van der Waals surface area contributed by atoms with Crippen LogP contribution in [0.1, 0.15) is 11.1 Å². The third kappa shape index (κ3) is 9.48. The molecule has 20 aromatic rings. The molecule has 0 amide bonds. The van der Waals surface area contributed by atoms with Gasteiger partial charge in [0.2, 0.25) is 0 Å². The monoisotopic (exact) mass is 1320 g/mol. The number of pyridine rings is 1. The van der Waals surface area contributed by atoms with Crippen LogP contribution < -0.4 is 0 Å². The molecule has 0 radical (unpaired) electrons. The zero-order valence-electron chi connectivity index (χ0n) is 55.8. The van der Waals surface area contributed by atoms with Crippen molar-refractivity contribution >= 4 is 87.2 Å². The second-order valence-electron chi connectivity index (χ2n) is 26.3. The van der Waals surface area contributed by atoms with Gasteiger partial charge in [-0.25, -0.2) is 19.9 Å². The summed E-state index contributed by atoms with van der Waals surface area (Å²) in [6.45, 7) is 0. The lowest BCUT2D eigenvalue weighted by Gasteiger charge is -2.26. The van der Waals surface area contributed by atoms with Crippen molar-refractivity contribution in [1.29, 1.82) is 10.5 Å². The first kappa shape index (κ1) is 59.5. The van der Waals surface area contributed by atoms with Crippen molar-refractivity contribution in [3.8, 4) is 114 Å². The summed E-state index contributed by atoms with van der Waals surface area (Å²) in [6.07, 6.45) is 0. The lowest BCUT2D eigenvalue weighted by atomic mass is 9.85. The summed E-state index contributed by atoms with van der Waals surface area (Å²) in [4.78, 5) is 22.5. The second kappa shape index (κ2) is 24.1. The Labute approximate surface area is 597 Å². The van der Waals surface area contributed by atoms with E-state index in [4.69, 9.17) is 19.9 Å². The highest BCUT2D eigenvalue weighted by Crippen LogP contribution is 2.52. The SMILES string of the molecule is N#Cc1ccc2c(c1)c1cc(C#N)ccc1n2-c1c(-c2ccc(-n3c4ccccc4c4ccccc43)cc2)nc(-c2ccc(-n3c4ccccc4c4ccccc43)cc2)c(-c2ccc(-n3c4ccccc4c4ccccc43)cc2)c1-c1ccccc1-c1nc(-c2ccccc2)nc(-c2ccccc2)n1. The summed E-state index contributed by atoms with van der Waals surface area (Å²) in [5.74, 6) is 1.52. The molecule has 0 aliphatic heterocycles. The van der Waals surface area contributed by atoms with Gasteiger partial charge in [0.15, 0.2) is 17.5 Å². The molecule has 6 aromatic heterocycles. The molecule has 104 heavy (non-hydrogen) atoms. The first-order chi connectivity index (χ1) is 51.5. The van der Waals surface area contributed by atoms with Crippen molar-refractivity contribution in [2.24, 2.45) is 0 Å². The summed E-state index contributed by atoms with van der Waals surface area (Å²) in [5, 5.41) is 30.1. The van der Waals surface area contributed by atoms with Crippen LogP contribution in [0.4, 0.5) is 0 Å². The van der Waals surface area contributed by atoms with Crippen molar-refractivity contribution in [2.75, 3.05) is 0 Å². The molecule has 20 rings (SSSR count). The van der Waals surface area contributed by atoms with Gasteiger partial charge in [0.25, 0.3) is 0 Å². The van der Waals surface area contributed by atoms with Crippen LogP contribution in [0.3, 0.4) is 0 Å². The van der Waals surface area contributed by atoms with Crippen molar-refractivity contribution in [3.05, 3.63) is 351 Å². The van der Waals surface area contributed by atoms with Gasteiger partial charge in [0, 0.05) is 99.1 Å². The predicted octanol–water partition coefficient (Wildman–Crippen LogP) is 23.1. The number of aromatic nitrogens is 8. The Morgan fingerprint density at radius 3 is 0.923 bits per heavy atom. The first-order valence-corrected chi connectivity index (χ1v) is 34.7. The number of rotatable bonds is 11. The van der Waals surface area contributed by atoms with Crippen molar-refractivity contribution in [2.45, 2.75) is 0 Å². The minimum atomic E-state index is 0.470. The average Bonchev–Trinajstić information content (AvgIpc) is 0.842. The molecular formula is C94H56N10. The number of nitrogens with zero attached hydrogens (tertiary/aromatic N) is 10. The van der Waals surface area contributed by atoms with Crippen LogP contribution in [0.5, 0.6) is 0 Å². The fourth-order valence-electron chi connectivity index (χ4n) is 15.9. The average molecular weight is 1330 g/mol.